The molecule has 8 heteroatoms. The number of carbonyl (C=O) groups is 1. The number of carbonyl (C=O) groups excluding carboxylic acids is 1. The monoisotopic (exact) mass is 342 g/mol. The van der Waals surface area contributed by atoms with Gasteiger partial charge in [0, 0.05) is 29.5 Å². The number of aliphatic hydroxyl groups is 1. The third-order valence-corrected chi connectivity index (χ3v) is 5.98. The molecular formula is C17H22N6O2. The van der Waals surface area contributed by atoms with Crippen molar-refractivity contribution in [3.63, 3.8) is 0 Å². The van der Waals surface area contributed by atoms with Crippen LogP contribution >= 0.6 is 0 Å². The lowest BCUT2D eigenvalue weighted by Crippen LogP contribution is -2.47. The van der Waals surface area contributed by atoms with Crippen LogP contribution in [0.5, 0.6) is 0 Å². The molecule has 0 spiro atoms. The average Bonchev–Trinajstić information content (AvgIpc) is 3.14. The van der Waals surface area contributed by atoms with E-state index in [-0.39, 0.29) is 23.0 Å². The molecule has 2 aliphatic carbocycles. The predicted molar refractivity (Wildman–Crippen MR) is 89.7 cm³/mol. The number of rotatable bonds is 1. The standard InChI is InChI=1S/C17H22N6O2/c1-9-12-6-5-11-13(16-18-21-23(4)20-16)22(3)19-15(11)17(12,2)7-10(8-24)14(9)25/h8-9,12,24H,5-7H2,1-4H3/b10-8-/t9-,12-,17?/m0/s1. The molecule has 1 unspecified atom stereocenters. The average molecular weight is 342 g/mol. The van der Waals surface area contributed by atoms with Gasteiger partial charge in [-0.1, -0.05) is 13.8 Å². The molecular weight excluding hydrogens is 320 g/mol. The zero-order valence-corrected chi connectivity index (χ0v) is 14.9. The molecule has 2 aromatic heterocycles. The maximum Gasteiger partial charge on any atom is 0.223 e. The van der Waals surface area contributed by atoms with Crippen LogP contribution < -0.4 is 0 Å². The minimum atomic E-state index is -0.284. The van der Waals surface area contributed by atoms with Crippen LogP contribution in [-0.2, 0) is 30.7 Å². The first-order valence-corrected chi connectivity index (χ1v) is 8.55. The van der Waals surface area contributed by atoms with Gasteiger partial charge in [0.1, 0.15) is 5.69 Å². The van der Waals surface area contributed by atoms with Crippen molar-refractivity contribution in [1.82, 2.24) is 30.0 Å². The van der Waals surface area contributed by atoms with Gasteiger partial charge >= 0.3 is 0 Å². The van der Waals surface area contributed by atoms with Crippen molar-refractivity contribution in [3.05, 3.63) is 23.1 Å². The number of tetrazole rings is 1. The number of hydrogen-bond acceptors (Lipinski definition) is 6. The molecule has 2 aliphatic rings. The zero-order chi connectivity index (χ0) is 17.9. The summed E-state index contributed by atoms with van der Waals surface area (Å²) in [6, 6.07) is 0. The van der Waals surface area contributed by atoms with E-state index in [1.54, 1.807) is 7.05 Å². The summed E-state index contributed by atoms with van der Waals surface area (Å²) in [6.07, 6.45) is 3.23. The second-order valence-electron chi connectivity index (χ2n) is 7.45. The van der Waals surface area contributed by atoms with Crippen LogP contribution in [0.2, 0.25) is 0 Å². The van der Waals surface area contributed by atoms with Crippen molar-refractivity contribution in [2.45, 2.75) is 38.5 Å². The number of aliphatic hydroxyl groups excluding tert-OH is 1. The molecule has 8 nitrogen and oxygen atoms in total. The van der Waals surface area contributed by atoms with Gasteiger partial charge in [0.15, 0.2) is 5.78 Å². The summed E-state index contributed by atoms with van der Waals surface area (Å²) in [5.74, 6) is 0.720. The SMILES string of the molecule is C[C@@H]1C(=O)/C(=C\O)CC2(C)c3nn(C)c(-c4nnn(C)n4)c3CC[C@@H]12. The van der Waals surface area contributed by atoms with Crippen LogP contribution in [0.15, 0.2) is 11.8 Å². The van der Waals surface area contributed by atoms with Crippen LogP contribution in [0.1, 0.15) is 37.9 Å². The highest BCUT2D eigenvalue weighted by atomic mass is 16.2. The number of aryl methyl sites for hydroxylation is 2. The Balaban J connectivity index is 1.88. The summed E-state index contributed by atoms with van der Waals surface area (Å²) < 4.78 is 1.82. The summed E-state index contributed by atoms with van der Waals surface area (Å²) in [4.78, 5) is 13.9. The maximum absolute atomic E-state index is 12.5. The number of ketones is 1. The van der Waals surface area contributed by atoms with E-state index in [0.29, 0.717) is 17.8 Å². The number of nitrogens with zero attached hydrogens (tertiary/aromatic N) is 6. The number of hydrogen-bond donors (Lipinski definition) is 1. The van der Waals surface area contributed by atoms with Gasteiger partial charge in [-0.3, -0.25) is 9.48 Å². The van der Waals surface area contributed by atoms with Crippen LogP contribution in [-0.4, -0.2) is 40.9 Å². The highest BCUT2D eigenvalue weighted by Gasteiger charge is 2.52. The van der Waals surface area contributed by atoms with Gasteiger partial charge in [-0.2, -0.15) is 9.90 Å². The second-order valence-corrected chi connectivity index (χ2v) is 7.45. The van der Waals surface area contributed by atoms with E-state index in [0.717, 1.165) is 36.1 Å². The summed E-state index contributed by atoms with van der Waals surface area (Å²) in [5, 5.41) is 26.8. The van der Waals surface area contributed by atoms with Gasteiger partial charge < -0.3 is 5.11 Å². The Kier molecular flexibility index (Phi) is 3.35. The largest absolute Gasteiger partial charge is 0.515 e. The molecule has 132 valence electrons. The van der Waals surface area contributed by atoms with Gasteiger partial charge in [0.05, 0.1) is 19.0 Å². The highest BCUT2D eigenvalue weighted by molar-refractivity contribution is 5.98. The summed E-state index contributed by atoms with van der Waals surface area (Å²) >= 11 is 0. The molecule has 2 aromatic rings. The fourth-order valence-corrected chi connectivity index (χ4v) is 4.80. The topological polar surface area (TPSA) is 98.7 Å². The van der Waals surface area contributed by atoms with Gasteiger partial charge in [0.2, 0.25) is 5.82 Å². The zero-order valence-electron chi connectivity index (χ0n) is 14.9. The van der Waals surface area contributed by atoms with E-state index in [1.807, 2.05) is 18.7 Å². The Bertz CT molecular complexity index is 895. The third-order valence-electron chi connectivity index (χ3n) is 5.98. The molecule has 1 N–H and O–H groups in total. The Morgan fingerprint density at radius 2 is 2.08 bits per heavy atom. The van der Waals surface area contributed by atoms with Crippen molar-refractivity contribution in [2.75, 3.05) is 0 Å². The first-order chi connectivity index (χ1) is 11.9. The van der Waals surface area contributed by atoms with E-state index >= 15 is 0 Å². The molecule has 0 saturated heterocycles. The molecule has 0 amide bonds. The van der Waals surface area contributed by atoms with Gasteiger partial charge in [-0.25, -0.2) is 0 Å². The maximum atomic E-state index is 12.5. The summed E-state index contributed by atoms with van der Waals surface area (Å²) in [7, 11) is 3.63. The summed E-state index contributed by atoms with van der Waals surface area (Å²) in [6.45, 7) is 4.12. The molecule has 0 aliphatic heterocycles. The Morgan fingerprint density at radius 1 is 1.32 bits per heavy atom. The minimum absolute atomic E-state index is 0.0557. The molecule has 2 heterocycles. The Morgan fingerprint density at radius 3 is 2.72 bits per heavy atom. The number of fused-ring (bicyclic) bond motifs is 3. The summed E-state index contributed by atoms with van der Waals surface area (Å²) in [5.41, 5.74) is 3.22. The van der Waals surface area contributed by atoms with E-state index in [4.69, 9.17) is 5.10 Å². The lowest BCUT2D eigenvalue weighted by Gasteiger charge is -2.47. The van der Waals surface area contributed by atoms with Gasteiger partial charge in [0.25, 0.3) is 0 Å². The number of Topliss-reactive ketones (excluding diaryl/α,β-unsaturated/α-hetero) is 1. The van der Waals surface area contributed by atoms with E-state index < -0.39 is 0 Å². The Labute approximate surface area is 145 Å². The lowest BCUT2D eigenvalue weighted by molar-refractivity contribution is -0.124. The van der Waals surface area contributed by atoms with Crippen LogP contribution in [0.3, 0.4) is 0 Å². The van der Waals surface area contributed by atoms with E-state index in [1.165, 1.54) is 4.80 Å². The smallest absolute Gasteiger partial charge is 0.223 e. The van der Waals surface area contributed by atoms with Crippen LogP contribution in [0, 0.1) is 11.8 Å². The second kappa shape index (κ2) is 5.24. The lowest BCUT2D eigenvalue weighted by atomic mass is 9.55. The fourth-order valence-electron chi connectivity index (χ4n) is 4.80. The molecule has 0 radical (unpaired) electrons. The Hall–Kier alpha value is -2.51. The first-order valence-electron chi connectivity index (χ1n) is 8.55. The third kappa shape index (κ3) is 2.09. The molecule has 0 aromatic carbocycles. The highest BCUT2D eigenvalue weighted by Crippen LogP contribution is 2.53. The number of allylic oxidation sites excluding steroid dienone is 1. The van der Waals surface area contributed by atoms with E-state index in [2.05, 4.69) is 22.3 Å². The fraction of sp³-hybridized carbons (Fsp3) is 0.588. The molecule has 3 atom stereocenters. The van der Waals surface area contributed by atoms with Gasteiger partial charge in [-0.05, 0) is 30.4 Å². The van der Waals surface area contributed by atoms with Crippen molar-refractivity contribution < 1.29 is 9.90 Å². The normalized spacial score (nSPS) is 30.4. The predicted octanol–water partition coefficient (Wildman–Crippen LogP) is 1.48. The van der Waals surface area contributed by atoms with Crippen LogP contribution in [0.25, 0.3) is 11.5 Å². The minimum Gasteiger partial charge on any atom is -0.515 e. The quantitative estimate of drug-likeness (QED) is 0.622. The van der Waals surface area contributed by atoms with Gasteiger partial charge in [-0.15, -0.1) is 10.2 Å². The first kappa shape index (κ1) is 16.0. The van der Waals surface area contributed by atoms with E-state index in [9.17, 15) is 9.90 Å². The van der Waals surface area contributed by atoms with Crippen LogP contribution in [0.4, 0.5) is 0 Å². The van der Waals surface area contributed by atoms with Crippen molar-refractivity contribution >= 4 is 5.78 Å². The van der Waals surface area contributed by atoms with Crippen molar-refractivity contribution in [2.24, 2.45) is 25.9 Å². The molecule has 25 heavy (non-hydrogen) atoms. The molecule has 4 rings (SSSR count). The number of aromatic nitrogens is 6. The van der Waals surface area contributed by atoms with Crippen molar-refractivity contribution in [1.29, 1.82) is 0 Å². The molecule has 1 fully saturated rings. The van der Waals surface area contributed by atoms with Crippen molar-refractivity contribution in [3.8, 4) is 11.5 Å². The molecule has 1 saturated carbocycles. The molecule has 0 bridgehead atoms.